The molecule has 0 aliphatic heterocycles. The number of ether oxygens (including phenoxy) is 1. The molecule has 0 aromatic rings. The molecule has 0 radical (unpaired) electrons. The molecule has 0 saturated heterocycles. The van der Waals surface area contributed by atoms with Gasteiger partial charge < -0.3 is 13.6 Å². The number of hydrogen-bond donors (Lipinski definition) is 0. The predicted molar refractivity (Wildman–Crippen MR) is 165 cm³/mol. The van der Waals surface area contributed by atoms with E-state index in [2.05, 4.69) is 73.7 Å². The van der Waals surface area contributed by atoms with Crippen LogP contribution in [0.25, 0.3) is 0 Å². The van der Waals surface area contributed by atoms with Gasteiger partial charge in [-0.05, 0) is 55.5 Å². The van der Waals surface area contributed by atoms with Crippen molar-refractivity contribution < 1.29 is 23.2 Å². The summed E-state index contributed by atoms with van der Waals surface area (Å²) in [4.78, 5) is 24.6. The van der Waals surface area contributed by atoms with Crippen molar-refractivity contribution in [1.82, 2.24) is 0 Å². The van der Waals surface area contributed by atoms with Crippen molar-refractivity contribution in [3.05, 3.63) is 12.2 Å². The first-order chi connectivity index (χ1) is 17.8. The molecule has 1 saturated carbocycles. The molecule has 0 bridgehead atoms. The molecule has 5 nitrogen and oxygen atoms in total. The number of ketones is 1. The maximum Gasteiger partial charge on any atom is 0.305 e. The van der Waals surface area contributed by atoms with Crippen LogP contribution in [0.3, 0.4) is 0 Å². The maximum absolute atomic E-state index is 13.3. The Kier molecular flexibility index (Phi) is 15.3. The summed E-state index contributed by atoms with van der Waals surface area (Å²) in [5, 5.41) is 0.107. The molecule has 0 amide bonds. The fourth-order valence-electron chi connectivity index (χ4n) is 5.34. The highest BCUT2D eigenvalue weighted by atomic mass is 28.4. The van der Waals surface area contributed by atoms with Crippen LogP contribution >= 0.6 is 0 Å². The molecule has 0 heterocycles. The van der Waals surface area contributed by atoms with Crippen LogP contribution in [0.1, 0.15) is 106 Å². The molecule has 0 aromatic carbocycles. The van der Waals surface area contributed by atoms with Gasteiger partial charge >= 0.3 is 5.97 Å². The first kappa shape index (κ1) is 35.3. The van der Waals surface area contributed by atoms with E-state index in [0.29, 0.717) is 18.6 Å². The average Bonchev–Trinajstić information content (AvgIpc) is 3.16. The topological polar surface area (TPSA) is 61.8 Å². The van der Waals surface area contributed by atoms with E-state index in [0.717, 1.165) is 63.1 Å². The van der Waals surface area contributed by atoms with Gasteiger partial charge in [-0.2, -0.15) is 0 Å². The largest absolute Gasteiger partial charge is 0.469 e. The lowest BCUT2D eigenvalue weighted by molar-refractivity contribution is -0.140. The van der Waals surface area contributed by atoms with E-state index in [9.17, 15) is 9.59 Å². The quantitative estimate of drug-likeness (QED) is 0.0715. The van der Waals surface area contributed by atoms with Crippen molar-refractivity contribution in [3.63, 3.8) is 0 Å². The number of Topliss-reactive ketones (excluding diaryl/α,β-unsaturated/α-hetero) is 1. The Morgan fingerprint density at radius 1 is 1.00 bits per heavy atom. The summed E-state index contributed by atoms with van der Waals surface area (Å²) >= 11 is 0. The Hall–Kier alpha value is -0.766. The highest BCUT2D eigenvalue weighted by Gasteiger charge is 2.47. The van der Waals surface area contributed by atoms with Gasteiger partial charge in [0.1, 0.15) is 5.78 Å². The second kappa shape index (κ2) is 16.5. The lowest BCUT2D eigenvalue weighted by Gasteiger charge is -2.39. The highest BCUT2D eigenvalue weighted by molar-refractivity contribution is 6.74. The van der Waals surface area contributed by atoms with Crippen molar-refractivity contribution in [3.8, 4) is 0 Å². The summed E-state index contributed by atoms with van der Waals surface area (Å²) in [6.45, 7) is 20.4. The van der Waals surface area contributed by atoms with Gasteiger partial charge in [0.05, 0.1) is 19.3 Å². The van der Waals surface area contributed by atoms with Crippen LogP contribution in [0.4, 0.5) is 0 Å². The monoisotopic (exact) mass is 568 g/mol. The van der Waals surface area contributed by atoms with E-state index in [1.54, 1.807) is 0 Å². The molecule has 1 aliphatic rings. The lowest BCUT2D eigenvalue weighted by Crippen LogP contribution is -2.45. The second-order valence-corrected chi connectivity index (χ2v) is 22.3. The molecule has 0 spiro atoms. The minimum Gasteiger partial charge on any atom is -0.469 e. The highest BCUT2D eigenvalue weighted by Crippen LogP contribution is 2.43. The van der Waals surface area contributed by atoms with Crippen molar-refractivity contribution in [1.29, 1.82) is 0 Å². The predicted octanol–water partition coefficient (Wildman–Crippen LogP) is 8.84. The van der Waals surface area contributed by atoms with Crippen LogP contribution in [0.2, 0.25) is 36.3 Å². The summed E-state index contributed by atoms with van der Waals surface area (Å²) in [5.41, 5.74) is 0. The van der Waals surface area contributed by atoms with E-state index >= 15 is 0 Å². The molecular formula is C31H60O5Si2. The summed E-state index contributed by atoms with van der Waals surface area (Å²) in [6.07, 6.45) is 12.7. The fourth-order valence-corrected chi connectivity index (χ4v) is 9.58. The fraction of sp³-hybridized carbons (Fsp3) is 0.871. The van der Waals surface area contributed by atoms with Crippen molar-refractivity contribution >= 4 is 28.4 Å². The molecule has 1 fully saturated rings. The molecule has 7 heteroatoms. The van der Waals surface area contributed by atoms with Crippen LogP contribution in [-0.2, 0) is 23.2 Å². The van der Waals surface area contributed by atoms with E-state index in [-0.39, 0.29) is 35.1 Å². The van der Waals surface area contributed by atoms with Crippen molar-refractivity contribution in [2.45, 2.75) is 155 Å². The molecule has 0 unspecified atom stereocenters. The van der Waals surface area contributed by atoms with Crippen LogP contribution in [-0.4, -0.2) is 47.7 Å². The molecule has 0 N–H and O–H groups in total. The maximum atomic E-state index is 13.3. The Morgan fingerprint density at radius 3 is 2.11 bits per heavy atom. The number of rotatable bonds is 18. The van der Waals surface area contributed by atoms with Crippen molar-refractivity contribution in [2.75, 3.05) is 7.11 Å². The number of methoxy groups -OCH3 is 1. The van der Waals surface area contributed by atoms with Gasteiger partial charge in [0.25, 0.3) is 0 Å². The van der Waals surface area contributed by atoms with Gasteiger partial charge in [0.15, 0.2) is 16.6 Å². The number of unbranched alkanes of at least 4 members (excludes halogenated alkanes) is 4. The second-order valence-electron chi connectivity index (χ2n) is 12.8. The summed E-state index contributed by atoms with van der Waals surface area (Å²) in [7, 11) is -2.27. The van der Waals surface area contributed by atoms with Gasteiger partial charge in [-0.1, -0.05) is 86.3 Å². The van der Waals surface area contributed by atoms with Crippen LogP contribution in [0.15, 0.2) is 12.2 Å². The van der Waals surface area contributed by atoms with Gasteiger partial charge in [-0.3, -0.25) is 9.59 Å². The van der Waals surface area contributed by atoms with E-state index in [1.807, 2.05) is 0 Å². The van der Waals surface area contributed by atoms with E-state index in [1.165, 1.54) is 7.11 Å². The first-order valence-corrected chi connectivity index (χ1v) is 20.9. The van der Waals surface area contributed by atoms with E-state index < -0.39 is 16.6 Å². The van der Waals surface area contributed by atoms with Crippen LogP contribution < -0.4 is 0 Å². The Bertz CT molecular complexity index is 731. The Labute approximate surface area is 237 Å². The normalized spacial score (nSPS) is 21.8. The minimum absolute atomic E-state index is 0.0270. The third-order valence-electron chi connectivity index (χ3n) is 9.37. The smallest absolute Gasteiger partial charge is 0.305 e. The van der Waals surface area contributed by atoms with Gasteiger partial charge in [-0.15, -0.1) is 0 Å². The average molecular weight is 569 g/mol. The van der Waals surface area contributed by atoms with E-state index in [4.69, 9.17) is 13.6 Å². The molecule has 1 rings (SSSR count). The lowest BCUT2D eigenvalue weighted by atomic mass is 9.88. The summed E-state index contributed by atoms with van der Waals surface area (Å²) < 4.78 is 18.4. The van der Waals surface area contributed by atoms with Crippen molar-refractivity contribution in [2.24, 2.45) is 11.8 Å². The SMILES string of the molecule is CC[C@H](/C=C/[C@@H]1[C@@H](O[Si](C)(C)C(C)(C)C)CC(=O)[C@@H]1CCCCCCCC(=O)OC)O[Si](CC)(CC)CC. The standard InChI is InChI=1S/C31H60O5Si2/c1-11-25(35-38(12-2,13-3)14-4)22-23-27-26(20-18-16-15-17-19-21-30(33)34-8)28(32)24-29(27)36-37(9,10)31(5,6)7/h22-23,25-27,29H,11-21,24H2,1-10H3/b23-22+/t25-,26-,27+,29+/m1/s1. The van der Waals surface area contributed by atoms with Crippen LogP contribution in [0, 0.1) is 11.8 Å². The van der Waals surface area contributed by atoms with Gasteiger partial charge in [0.2, 0.25) is 0 Å². The van der Waals surface area contributed by atoms with Gasteiger partial charge in [0, 0.05) is 24.7 Å². The number of esters is 1. The minimum atomic E-state index is -2.00. The number of hydrogen-bond acceptors (Lipinski definition) is 5. The number of carbonyl (C=O) groups is 2. The Balaban J connectivity index is 2.98. The third kappa shape index (κ3) is 10.7. The molecule has 222 valence electrons. The molecule has 38 heavy (non-hydrogen) atoms. The molecule has 0 aromatic heterocycles. The third-order valence-corrected chi connectivity index (χ3v) is 18.5. The summed E-state index contributed by atoms with van der Waals surface area (Å²) in [5.74, 6) is 0.381. The zero-order chi connectivity index (χ0) is 29.0. The van der Waals surface area contributed by atoms with Gasteiger partial charge in [-0.25, -0.2) is 0 Å². The molecule has 4 atom stereocenters. The summed E-state index contributed by atoms with van der Waals surface area (Å²) in [6, 6.07) is 3.43. The first-order valence-electron chi connectivity index (χ1n) is 15.4. The zero-order valence-corrected chi connectivity index (χ0v) is 28.5. The Morgan fingerprint density at radius 2 is 1.58 bits per heavy atom. The molecular weight excluding hydrogens is 509 g/mol. The van der Waals surface area contributed by atoms with Crippen LogP contribution in [0.5, 0.6) is 0 Å². The number of carbonyl (C=O) groups excluding carboxylic acids is 2. The molecule has 1 aliphatic carbocycles. The zero-order valence-electron chi connectivity index (χ0n) is 26.5.